The highest BCUT2D eigenvalue weighted by Gasteiger charge is 2.33. The molecule has 7 heteroatoms. The SMILES string of the molecule is COCC(NCC1(O)CCSC1)c1cccc(C(F)(F)F)c1. The lowest BCUT2D eigenvalue weighted by Crippen LogP contribution is -2.42. The van der Waals surface area contributed by atoms with Crippen molar-refractivity contribution in [2.24, 2.45) is 0 Å². The van der Waals surface area contributed by atoms with Gasteiger partial charge in [-0.3, -0.25) is 0 Å². The van der Waals surface area contributed by atoms with E-state index < -0.39 is 17.3 Å². The van der Waals surface area contributed by atoms with E-state index in [0.29, 0.717) is 24.3 Å². The van der Waals surface area contributed by atoms with Crippen LogP contribution in [0.1, 0.15) is 23.6 Å². The standard InChI is InChI=1S/C15H20F3NO2S/c1-21-8-13(19-9-14(20)5-6-22-10-14)11-3-2-4-12(7-11)15(16,17)18/h2-4,7,13,19-20H,5-6,8-10H2,1H3. The molecule has 1 saturated heterocycles. The zero-order valence-electron chi connectivity index (χ0n) is 12.3. The van der Waals surface area contributed by atoms with Crippen LogP contribution >= 0.6 is 11.8 Å². The molecular weight excluding hydrogens is 315 g/mol. The molecule has 1 heterocycles. The Morgan fingerprint density at radius 1 is 1.45 bits per heavy atom. The Kier molecular flexibility index (Phi) is 5.76. The summed E-state index contributed by atoms with van der Waals surface area (Å²) in [5.74, 6) is 1.54. The molecule has 22 heavy (non-hydrogen) atoms. The van der Waals surface area contributed by atoms with Crippen LogP contribution in [-0.4, -0.2) is 42.5 Å². The summed E-state index contributed by atoms with van der Waals surface area (Å²) in [6.45, 7) is 0.578. The Balaban J connectivity index is 2.10. The molecule has 1 aromatic rings. The molecule has 0 saturated carbocycles. The van der Waals surface area contributed by atoms with E-state index in [2.05, 4.69) is 5.32 Å². The minimum absolute atomic E-state index is 0.241. The van der Waals surface area contributed by atoms with Crippen LogP contribution in [0.15, 0.2) is 24.3 Å². The first-order valence-corrected chi connectivity index (χ1v) is 8.19. The Hall–Kier alpha value is -0.760. The second kappa shape index (κ2) is 7.21. The summed E-state index contributed by atoms with van der Waals surface area (Å²) in [7, 11) is 1.50. The lowest BCUT2D eigenvalue weighted by Gasteiger charge is -2.26. The molecule has 124 valence electrons. The van der Waals surface area contributed by atoms with E-state index in [0.717, 1.165) is 17.9 Å². The van der Waals surface area contributed by atoms with Gasteiger partial charge in [0.25, 0.3) is 0 Å². The lowest BCUT2D eigenvalue weighted by atomic mass is 10.0. The quantitative estimate of drug-likeness (QED) is 0.839. The maximum absolute atomic E-state index is 12.8. The predicted molar refractivity (Wildman–Crippen MR) is 81.0 cm³/mol. The van der Waals surface area contributed by atoms with E-state index in [9.17, 15) is 18.3 Å². The lowest BCUT2D eigenvalue weighted by molar-refractivity contribution is -0.137. The van der Waals surface area contributed by atoms with Crippen LogP contribution in [0.3, 0.4) is 0 Å². The van der Waals surface area contributed by atoms with Gasteiger partial charge in [-0.05, 0) is 29.9 Å². The first-order chi connectivity index (χ1) is 10.3. The van der Waals surface area contributed by atoms with Crippen LogP contribution in [0, 0.1) is 0 Å². The normalized spacial score (nSPS) is 23.7. The number of methoxy groups -OCH3 is 1. The molecule has 0 spiro atoms. The van der Waals surface area contributed by atoms with E-state index in [1.165, 1.54) is 13.2 Å². The molecule has 2 rings (SSSR count). The van der Waals surface area contributed by atoms with E-state index in [1.807, 2.05) is 0 Å². The Morgan fingerprint density at radius 3 is 2.82 bits per heavy atom. The van der Waals surface area contributed by atoms with Gasteiger partial charge in [-0.2, -0.15) is 24.9 Å². The first-order valence-electron chi connectivity index (χ1n) is 7.04. The van der Waals surface area contributed by atoms with E-state index >= 15 is 0 Å². The van der Waals surface area contributed by atoms with Crippen molar-refractivity contribution in [2.45, 2.75) is 24.2 Å². The van der Waals surface area contributed by atoms with Crippen molar-refractivity contribution in [3.63, 3.8) is 0 Å². The van der Waals surface area contributed by atoms with Crippen LogP contribution in [-0.2, 0) is 10.9 Å². The van der Waals surface area contributed by atoms with Crippen molar-refractivity contribution in [3.8, 4) is 0 Å². The van der Waals surface area contributed by atoms with Crippen molar-refractivity contribution in [1.82, 2.24) is 5.32 Å². The van der Waals surface area contributed by atoms with Crippen LogP contribution < -0.4 is 5.32 Å². The highest BCUT2D eigenvalue weighted by molar-refractivity contribution is 7.99. The fraction of sp³-hybridized carbons (Fsp3) is 0.600. The van der Waals surface area contributed by atoms with E-state index in [4.69, 9.17) is 4.74 Å². The Labute approximate surface area is 132 Å². The number of hydrogen-bond donors (Lipinski definition) is 2. The van der Waals surface area contributed by atoms with E-state index in [-0.39, 0.29) is 12.6 Å². The maximum Gasteiger partial charge on any atom is 0.416 e. The van der Waals surface area contributed by atoms with Crippen LogP contribution in [0.5, 0.6) is 0 Å². The summed E-state index contributed by atoms with van der Waals surface area (Å²) in [6, 6.07) is 4.82. The van der Waals surface area contributed by atoms with Crippen molar-refractivity contribution < 1.29 is 23.0 Å². The average molecular weight is 335 g/mol. The number of thioether (sulfide) groups is 1. The molecule has 0 bridgehead atoms. The monoisotopic (exact) mass is 335 g/mol. The summed E-state index contributed by atoms with van der Waals surface area (Å²) in [5, 5.41) is 13.5. The van der Waals surface area contributed by atoms with Gasteiger partial charge in [0, 0.05) is 19.4 Å². The molecule has 1 fully saturated rings. The minimum atomic E-state index is -4.37. The molecule has 1 aromatic carbocycles. The molecular formula is C15H20F3NO2S. The molecule has 0 radical (unpaired) electrons. The van der Waals surface area contributed by atoms with Gasteiger partial charge in [0.1, 0.15) is 0 Å². The Morgan fingerprint density at radius 2 is 2.23 bits per heavy atom. The molecule has 2 N–H and O–H groups in total. The van der Waals surface area contributed by atoms with Crippen LogP contribution in [0.2, 0.25) is 0 Å². The first kappa shape index (κ1) is 17.6. The fourth-order valence-corrected chi connectivity index (χ4v) is 3.72. The number of halogens is 3. The van der Waals surface area contributed by atoms with Crippen molar-refractivity contribution in [1.29, 1.82) is 0 Å². The highest BCUT2D eigenvalue weighted by atomic mass is 32.2. The van der Waals surface area contributed by atoms with Crippen molar-refractivity contribution in [2.75, 3.05) is 31.8 Å². The van der Waals surface area contributed by atoms with Crippen molar-refractivity contribution >= 4 is 11.8 Å². The topological polar surface area (TPSA) is 41.5 Å². The number of rotatable bonds is 6. The number of ether oxygens (including phenoxy) is 1. The molecule has 0 aliphatic carbocycles. The van der Waals surface area contributed by atoms with Crippen LogP contribution in [0.25, 0.3) is 0 Å². The molecule has 0 aromatic heterocycles. The second-order valence-corrected chi connectivity index (χ2v) is 6.64. The number of nitrogens with one attached hydrogen (secondary N) is 1. The number of hydrogen-bond acceptors (Lipinski definition) is 4. The molecule has 1 aliphatic heterocycles. The average Bonchev–Trinajstić information content (AvgIpc) is 2.90. The number of aliphatic hydroxyl groups is 1. The van der Waals surface area contributed by atoms with Gasteiger partial charge in [-0.15, -0.1) is 0 Å². The van der Waals surface area contributed by atoms with Gasteiger partial charge in [0.05, 0.1) is 23.8 Å². The minimum Gasteiger partial charge on any atom is -0.388 e. The summed E-state index contributed by atoms with van der Waals surface area (Å²) in [4.78, 5) is 0. The van der Waals surface area contributed by atoms with Crippen LogP contribution in [0.4, 0.5) is 13.2 Å². The summed E-state index contributed by atoms with van der Waals surface area (Å²) in [5.41, 5.74) is -0.966. The third-order valence-electron chi connectivity index (χ3n) is 3.71. The third kappa shape index (κ3) is 4.62. The molecule has 2 atom stereocenters. The highest BCUT2D eigenvalue weighted by Crippen LogP contribution is 2.31. The van der Waals surface area contributed by atoms with Gasteiger partial charge < -0.3 is 15.2 Å². The number of benzene rings is 1. The Bertz CT molecular complexity index is 490. The predicted octanol–water partition coefficient (Wildman–Crippen LogP) is 2.85. The van der Waals surface area contributed by atoms with Crippen molar-refractivity contribution in [3.05, 3.63) is 35.4 Å². The van der Waals surface area contributed by atoms with Gasteiger partial charge in [-0.25, -0.2) is 0 Å². The van der Waals surface area contributed by atoms with Gasteiger partial charge in [0.2, 0.25) is 0 Å². The molecule has 2 unspecified atom stereocenters. The zero-order chi connectivity index (χ0) is 16.2. The zero-order valence-corrected chi connectivity index (χ0v) is 13.1. The second-order valence-electron chi connectivity index (χ2n) is 5.54. The van der Waals surface area contributed by atoms with E-state index in [1.54, 1.807) is 17.8 Å². The summed E-state index contributed by atoms with van der Waals surface area (Å²) < 4.78 is 43.5. The molecule has 3 nitrogen and oxygen atoms in total. The number of alkyl halides is 3. The summed E-state index contributed by atoms with van der Waals surface area (Å²) >= 11 is 1.68. The third-order valence-corrected chi connectivity index (χ3v) is 4.94. The summed E-state index contributed by atoms with van der Waals surface area (Å²) in [6.07, 6.45) is -3.68. The van der Waals surface area contributed by atoms with Gasteiger partial charge in [0.15, 0.2) is 0 Å². The molecule has 1 aliphatic rings. The largest absolute Gasteiger partial charge is 0.416 e. The van der Waals surface area contributed by atoms with Gasteiger partial charge in [-0.1, -0.05) is 12.1 Å². The van der Waals surface area contributed by atoms with Gasteiger partial charge >= 0.3 is 6.18 Å². The smallest absolute Gasteiger partial charge is 0.388 e. The molecule has 0 amide bonds. The fourth-order valence-electron chi connectivity index (χ4n) is 2.42. The maximum atomic E-state index is 12.8.